The van der Waals surface area contributed by atoms with Gasteiger partial charge in [-0.05, 0) is 115 Å². The lowest BCUT2D eigenvalue weighted by Crippen LogP contribution is -2.50. The van der Waals surface area contributed by atoms with E-state index in [2.05, 4.69) is 75.3 Å². The molecule has 3 N–H and O–H groups in total. The molecule has 0 aliphatic carbocycles. The number of imidazole rings is 1. The van der Waals surface area contributed by atoms with E-state index in [0.717, 1.165) is 81.3 Å². The minimum atomic E-state index is -0.361. The Hall–Kier alpha value is -5.02. The number of aromatic nitrogens is 4. The van der Waals surface area contributed by atoms with Gasteiger partial charge in [0.2, 0.25) is 0 Å². The van der Waals surface area contributed by atoms with E-state index in [1.165, 1.54) is 0 Å². The van der Waals surface area contributed by atoms with Crippen LogP contribution in [0.15, 0.2) is 83.6 Å². The van der Waals surface area contributed by atoms with Crippen molar-refractivity contribution in [2.75, 3.05) is 28.7 Å². The molecule has 1 aliphatic rings. The summed E-state index contributed by atoms with van der Waals surface area (Å²) in [4.78, 5) is 23.8. The van der Waals surface area contributed by atoms with Crippen molar-refractivity contribution in [3.8, 4) is 0 Å². The number of H-pyrrole nitrogens is 1. The molecular formula is C35H38N8O. The smallest absolute Gasteiger partial charge is 0.157 e. The number of pyridine rings is 2. The Morgan fingerprint density at radius 2 is 1.82 bits per heavy atom. The summed E-state index contributed by atoms with van der Waals surface area (Å²) in [6.45, 7) is 15.8. The summed E-state index contributed by atoms with van der Waals surface area (Å²) in [6, 6.07) is 18.5. The zero-order valence-corrected chi connectivity index (χ0v) is 25.9. The molecular weight excluding hydrogens is 548 g/mol. The van der Waals surface area contributed by atoms with Gasteiger partial charge in [0.15, 0.2) is 5.82 Å². The summed E-state index contributed by atoms with van der Waals surface area (Å²) in [6.07, 6.45) is 6.70. The topological polar surface area (TPSA) is 103 Å². The highest BCUT2D eigenvalue weighted by Gasteiger charge is 2.31. The Balaban J connectivity index is 1.25. The number of nitrogens with one attached hydrogen (secondary N) is 3. The van der Waals surface area contributed by atoms with Crippen LogP contribution >= 0.6 is 0 Å². The third kappa shape index (κ3) is 6.18. The lowest BCUT2D eigenvalue weighted by Gasteiger charge is -2.43. The van der Waals surface area contributed by atoms with Gasteiger partial charge in [0, 0.05) is 58.0 Å². The molecule has 9 nitrogen and oxygen atoms in total. The maximum atomic E-state index is 6.06. The van der Waals surface area contributed by atoms with E-state index in [-0.39, 0.29) is 5.72 Å². The van der Waals surface area contributed by atoms with Gasteiger partial charge in [-0.1, -0.05) is 0 Å². The second kappa shape index (κ2) is 11.9. The van der Waals surface area contributed by atoms with Crippen molar-refractivity contribution in [1.29, 1.82) is 0 Å². The number of hydrogen-bond acceptors (Lipinski definition) is 8. The van der Waals surface area contributed by atoms with Crippen LogP contribution in [-0.2, 0) is 4.74 Å². The average molecular weight is 587 g/mol. The third-order valence-corrected chi connectivity index (χ3v) is 7.77. The molecule has 0 unspecified atom stereocenters. The summed E-state index contributed by atoms with van der Waals surface area (Å²) >= 11 is 0. The van der Waals surface area contributed by atoms with Crippen LogP contribution in [0.5, 0.6) is 0 Å². The molecule has 1 fully saturated rings. The minimum Gasteiger partial charge on any atom is -0.359 e. The molecule has 9 heteroatoms. The third-order valence-electron chi connectivity index (χ3n) is 7.77. The second-order valence-corrected chi connectivity index (χ2v) is 11.6. The number of anilines is 4. The van der Waals surface area contributed by atoms with Crippen molar-refractivity contribution < 1.29 is 4.74 Å². The fourth-order valence-corrected chi connectivity index (χ4v) is 5.61. The summed E-state index contributed by atoms with van der Waals surface area (Å²) in [5.74, 6) is 0.650. The first-order valence-electron chi connectivity index (χ1n) is 14.8. The first-order valence-corrected chi connectivity index (χ1v) is 14.8. The number of fused-ring (bicyclic) bond motifs is 2. The van der Waals surface area contributed by atoms with Crippen molar-refractivity contribution in [2.45, 2.75) is 46.8 Å². The molecule has 0 radical (unpaired) electrons. The van der Waals surface area contributed by atoms with E-state index in [1.54, 1.807) is 6.20 Å². The number of nitrogens with zero attached hydrogens (tertiary/aromatic N) is 5. The van der Waals surface area contributed by atoms with Crippen molar-refractivity contribution in [2.24, 2.45) is 4.99 Å². The Morgan fingerprint density at radius 3 is 2.61 bits per heavy atom. The summed E-state index contributed by atoms with van der Waals surface area (Å²) in [5, 5.41) is 8.07. The summed E-state index contributed by atoms with van der Waals surface area (Å²) < 4.78 is 6.06. The van der Waals surface area contributed by atoms with E-state index >= 15 is 0 Å². The molecule has 2 aromatic carbocycles. The molecule has 6 rings (SSSR count). The maximum Gasteiger partial charge on any atom is 0.157 e. The SMILES string of the molecule is C=N/C(=C\C=C(/C)Nc1cc(C)nc2ccc(N3CCCOC3(C)C)cc12)c1nc2ccc(Nc3ccnc(C)c3)cc2[nH]1. The number of aromatic amines is 1. The highest BCUT2D eigenvalue weighted by Crippen LogP contribution is 2.34. The van der Waals surface area contributed by atoms with Gasteiger partial charge in [-0.3, -0.25) is 15.0 Å². The fraction of sp³-hybridized carbons (Fsp3) is 0.257. The molecule has 0 saturated carbocycles. The molecule has 0 spiro atoms. The van der Waals surface area contributed by atoms with Crippen LogP contribution in [0.1, 0.15) is 44.4 Å². The molecule has 5 aromatic rings. The van der Waals surface area contributed by atoms with Crippen molar-refractivity contribution in [1.82, 2.24) is 19.9 Å². The van der Waals surface area contributed by atoms with E-state index < -0.39 is 0 Å². The standard InChI is InChI=1S/C35H38N8O/c1-22(38-32-19-24(3)39-29-13-10-27(21-28(29)32)43-16-7-17-44-35(43,4)5)8-11-31(36-6)34-41-30-12-9-25(20-33(30)42-34)40-26-14-15-37-23(2)18-26/h8-15,18-21H,6-7,16-17H2,1-5H3,(H,37,40)(H,38,39)(H,41,42)/b22-8+,31-11-. The van der Waals surface area contributed by atoms with Crippen LogP contribution in [0.2, 0.25) is 0 Å². The normalized spacial score (nSPS) is 15.5. The number of benzene rings is 2. The van der Waals surface area contributed by atoms with E-state index in [4.69, 9.17) is 14.7 Å². The zero-order valence-electron chi connectivity index (χ0n) is 25.9. The van der Waals surface area contributed by atoms with Crippen LogP contribution in [0, 0.1) is 13.8 Å². The van der Waals surface area contributed by atoms with Gasteiger partial charge >= 0.3 is 0 Å². The highest BCUT2D eigenvalue weighted by molar-refractivity contribution is 5.94. The van der Waals surface area contributed by atoms with Crippen LogP contribution in [0.4, 0.5) is 22.7 Å². The van der Waals surface area contributed by atoms with E-state index in [0.29, 0.717) is 11.5 Å². The van der Waals surface area contributed by atoms with Gasteiger partial charge in [0.25, 0.3) is 0 Å². The Bertz CT molecular complexity index is 1920. The number of ether oxygens (including phenoxy) is 1. The number of rotatable bonds is 8. The highest BCUT2D eigenvalue weighted by atomic mass is 16.5. The molecule has 224 valence electrons. The van der Waals surface area contributed by atoms with Crippen LogP contribution in [-0.4, -0.2) is 45.5 Å². The predicted molar refractivity (Wildman–Crippen MR) is 182 cm³/mol. The second-order valence-electron chi connectivity index (χ2n) is 11.6. The maximum absolute atomic E-state index is 6.06. The van der Waals surface area contributed by atoms with Gasteiger partial charge in [0.05, 0.1) is 23.2 Å². The Morgan fingerprint density at radius 1 is 1.00 bits per heavy atom. The summed E-state index contributed by atoms with van der Waals surface area (Å²) in [5.41, 5.74) is 9.88. The largest absolute Gasteiger partial charge is 0.359 e. The van der Waals surface area contributed by atoms with Gasteiger partial charge < -0.3 is 25.3 Å². The van der Waals surface area contributed by atoms with Gasteiger partial charge in [0.1, 0.15) is 11.4 Å². The molecule has 4 heterocycles. The molecule has 0 bridgehead atoms. The first kappa shape index (κ1) is 29.1. The van der Waals surface area contributed by atoms with E-state index in [1.807, 2.05) is 63.3 Å². The Labute approximate surface area is 257 Å². The zero-order chi connectivity index (χ0) is 30.8. The molecule has 1 aliphatic heterocycles. The molecule has 1 saturated heterocycles. The number of aryl methyl sites for hydroxylation is 2. The first-order chi connectivity index (χ1) is 21.2. The Kier molecular flexibility index (Phi) is 7.88. The van der Waals surface area contributed by atoms with Crippen molar-refractivity contribution in [3.63, 3.8) is 0 Å². The fourth-order valence-electron chi connectivity index (χ4n) is 5.61. The van der Waals surface area contributed by atoms with Gasteiger partial charge in [-0.15, -0.1) is 0 Å². The molecule has 0 atom stereocenters. The van der Waals surface area contributed by atoms with Gasteiger partial charge in [-0.25, -0.2) is 4.98 Å². The monoisotopic (exact) mass is 586 g/mol. The van der Waals surface area contributed by atoms with Crippen LogP contribution < -0.4 is 15.5 Å². The quantitative estimate of drug-likeness (QED) is 0.125. The number of allylic oxidation sites excluding steroid dienone is 3. The average Bonchev–Trinajstić information content (AvgIpc) is 3.40. The number of hydrogen-bond donors (Lipinski definition) is 3. The van der Waals surface area contributed by atoms with Crippen LogP contribution in [0.3, 0.4) is 0 Å². The number of aliphatic imine (C=N–C) groups is 1. The van der Waals surface area contributed by atoms with Gasteiger partial charge in [-0.2, -0.15) is 0 Å². The van der Waals surface area contributed by atoms with Crippen molar-refractivity contribution >= 4 is 57.1 Å². The predicted octanol–water partition coefficient (Wildman–Crippen LogP) is 7.89. The molecule has 0 amide bonds. The molecule has 44 heavy (non-hydrogen) atoms. The van der Waals surface area contributed by atoms with Crippen molar-refractivity contribution in [3.05, 3.63) is 95.9 Å². The van der Waals surface area contributed by atoms with Crippen LogP contribution in [0.25, 0.3) is 27.6 Å². The lowest BCUT2D eigenvalue weighted by atomic mass is 10.1. The molecule has 3 aromatic heterocycles. The lowest BCUT2D eigenvalue weighted by molar-refractivity contribution is -0.0418. The van der Waals surface area contributed by atoms with E-state index in [9.17, 15) is 0 Å². The minimum absolute atomic E-state index is 0.361. The summed E-state index contributed by atoms with van der Waals surface area (Å²) in [7, 11) is 0.